The first-order valence-electron chi connectivity index (χ1n) is 7.24. The molecule has 0 heterocycles. The van der Waals surface area contributed by atoms with Gasteiger partial charge in [-0.2, -0.15) is 0 Å². The molecular weight excluding hydrogens is 252 g/mol. The zero-order valence-electron chi connectivity index (χ0n) is 12.6. The first kappa shape index (κ1) is 14.9. The maximum Gasteiger partial charge on any atom is 0.257 e. The third-order valence-electron chi connectivity index (χ3n) is 3.53. The largest absolute Gasteiger partial charge is 0.483 e. The molecule has 1 aromatic rings. The molecular formula is C16H24N2O2. The maximum atomic E-state index is 11.7. The van der Waals surface area contributed by atoms with Crippen molar-refractivity contribution >= 4 is 5.91 Å². The lowest BCUT2D eigenvalue weighted by Crippen LogP contribution is -2.30. The number of nitrogens with one attached hydrogen (secondary N) is 2. The molecule has 2 rings (SSSR count). The van der Waals surface area contributed by atoms with Crippen molar-refractivity contribution in [2.75, 3.05) is 20.2 Å². The minimum atomic E-state index is -0.0324. The van der Waals surface area contributed by atoms with E-state index in [0.717, 1.165) is 30.0 Å². The molecule has 0 aromatic heterocycles. The summed E-state index contributed by atoms with van der Waals surface area (Å²) in [7, 11) is 1.93. The minimum absolute atomic E-state index is 0.0324. The van der Waals surface area contributed by atoms with Crippen molar-refractivity contribution in [1.29, 1.82) is 0 Å². The molecule has 0 bridgehead atoms. The molecule has 1 amide bonds. The number of aryl methyl sites for hydroxylation is 2. The van der Waals surface area contributed by atoms with Gasteiger partial charge in [0.1, 0.15) is 5.75 Å². The molecule has 1 aliphatic carbocycles. The van der Waals surface area contributed by atoms with E-state index >= 15 is 0 Å². The number of hydrogen-bond donors (Lipinski definition) is 2. The van der Waals surface area contributed by atoms with E-state index in [-0.39, 0.29) is 12.5 Å². The highest BCUT2D eigenvalue weighted by Gasteiger charge is 2.21. The summed E-state index contributed by atoms with van der Waals surface area (Å²) in [5.74, 6) is 1.49. The van der Waals surface area contributed by atoms with Crippen LogP contribution in [-0.4, -0.2) is 26.1 Å². The van der Waals surface area contributed by atoms with Crippen LogP contribution in [0.15, 0.2) is 12.1 Å². The van der Waals surface area contributed by atoms with Crippen LogP contribution in [0.25, 0.3) is 0 Å². The second-order valence-electron chi connectivity index (χ2n) is 5.63. The molecule has 1 saturated carbocycles. The van der Waals surface area contributed by atoms with E-state index < -0.39 is 0 Å². The molecule has 0 saturated heterocycles. The van der Waals surface area contributed by atoms with Crippen LogP contribution in [0.3, 0.4) is 0 Å². The summed E-state index contributed by atoms with van der Waals surface area (Å²) in [5, 5.41) is 6.05. The Kier molecular flexibility index (Phi) is 5.01. The van der Waals surface area contributed by atoms with E-state index in [1.807, 2.05) is 20.9 Å². The van der Waals surface area contributed by atoms with Crippen LogP contribution < -0.4 is 15.4 Å². The van der Waals surface area contributed by atoms with Gasteiger partial charge in [-0.05, 0) is 56.3 Å². The van der Waals surface area contributed by atoms with Gasteiger partial charge in [0, 0.05) is 13.1 Å². The van der Waals surface area contributed by atoms with Crippen molar-refractivity contribution in [2.45, 2.75) is 33.2 Å². The predicted octanol–water partition coefficient (Wildman–Crippen LogP) is 1.93. The Balaban J connectivity index is 1.89. The van der Waals surface area contributed by atoms with Crippen molar-refractivity contribution in [1.82, 2.24) is 10.6 Å². The smallest absolute Gasteiger partial charge is 0.257 e. The van der Waals surface area contributed by atoms with Crippen LogP contribution in [0.4, 0.5) is 0 Å². The van der Waals surface area contributed by atoms with Crippen molar-refractivity contribution < 1.29 is 9.53 Å². The van der Waals surface area contributed by atoms with Gasteiger partial charge >= 0.3 is 0 Å². The Morgan fingerprint density at radius 1 is 1.30 bits per heavy atom. The monoisotopic (exact) mass is 276 g/mol. The molecule has 110 valence electrons. The summed E-state index contributed by atoms with van der Waals surface area (Å²) < 4.78 is 5.68. The molecule has 0 aliphatic heterocycles. The van der Waals surface area contributed by atoms with E-state index in [1.165, 1.54) is 18.4 Å². The Hall–Kier alpha value is -1.55. The number of hydrogen-bond acceptors (Lipinski definition) is 3. The Bertz CT molecular complexity index is 458. The van der Waals surface area contributed by atoms with Crippen LogP contribution in [0.1, 0.15) is 29.5 Å². The Labute approximate surface area is 120 Å². The van der Waals surface area contributed by atoms with E-state index in [2.05, 4.69) is 22.8 Å². The Morgan fingerprint density at radius 3 is 2.50 bits per heavy atom. The van der Waals surface area contributed by atoms with Gasteiger partial charge in [0.15, 0.2) is 6.61 Å². The second kappa shape index (κ2) is 6.75. The summed E-state index contributed by atoms with van der Waals surface area (Å²) in [6, 6.07) is 4.20. The van der Waals surface area contributed by atoms with Crippen LogP contribution in [-0.2, 0) is 11.3 Å². The molecule has 1 fully saturated rings. The molecule has 0 spiro atoms. The highest BCUT2D eigenvalue weighted by Crippen LogP contribution is 2.27. The van der Waals surface area contributed by atoms with Gasteiger partial charge in [-0.1, -0.05) is 12.1 Å². The van der Waals surface area contributed by atoms with Gasteiger partial charge in [0.25, 0.3) is 5.91 Å². The van der Waals surface area contributed by atoms with Gasteiger partial charge in [-0.25, -0.2) is 0 Å². The molecule has 20 heavy (non-hydrogen) atoms. The Morgan fingerprint density at radius 2 is 1.95 bits per heavy atom. The normalized spacial score (nSPS) is 14.2. The fourth-order valence-corrected chi connectivity index (χ4v) is 2.34. The lowest BCUT2D eigenvalue weighted by Gasteiger charge is -2.14. The van der Waals surface area contributed by atoms with E-state index in [4.69, 9.17) is 4.74 Å². The quantitative estimate of drug-likeness (QED) is 0.800. The second-order valence-corrected chi connectivity index (χ2v) is 5.63. The zero-order chi connectivity index (χ0) is 14.5. The molecule has 2 N–H and O–H groups in total. The van der Waals surface area contributed by atoms with E-state index in [0.29, 0.717) is 5.92 Å². The molecule has 1 aliphatic rings. The van der Waals surface area contributed by atoms with Crippen molar-refractivity contribution in [2.24, 2.45) is 5.92 Å². The fourth-order valence-electron chi connectivity index (χ4n) is 2.34. The van der Waals surface area contributed by atoms with Gasteiger partial charge in [0.2, 0.25) is 0 Å². The highest BCUT2D eigenvalue weighted by molar-refractivity contribution is 5.77. The van der Waals surface area contributed by atoms with Gasteiger partial charge in [-0.3, -0.25) is 4.79 Å². The van der Waals surface area contributed by atoms with E-state index in [9.17, 15) is 4.79 Å². The van der Waals surface area contributed by atoms with Gasteiger partial charge in [0.05, 0.1) is 0 Å². The summed E-state index contributed by atoms with van der Waals surface area (Å²) in [4.78, 5) is 11.7. The fraction of sp³-hybridized carbons (Fsp3) is 0.562. The minimum Gasteiger partial charge on any atom is -0.483 e. The molecule has 4 nitrogen and oxygen atoms in total. The maximum absolute atomic E-state index is 11.7. The van der Waals surface area contributed by atoms with Gasteiger partial charge < -0.3 is 15.4 Å². The van der Waals surface area contributed by atoms with Crippen LogP contribution in [0.2, 0.25) is 0 Å². The average molecular weight is 276 g/mol. The predicted molar refractivity (Wildman–Crippen MR) is 79.9 cm³/mol. The average Bonchev–Trinajstić information content (AvgIpc) is 3.19. The number of carbonyl (C=O) groups is 1. The highest BCUT2D eigenvalue weighted by atomic mass is 16.5. The first-order valence-corrected chi connectivity index (χ1v) is 7.24. The first-order chi connectivity index (χ1) is 9.60. The van der Waals surface area contributed by atoms with Crippen LogP contribution in [0.5, 0.6) is 5.75 Å². The molecule has 0 atom stereocenters. The number of carbonyl (C=O) groups excluding carboxylic acids is 1. The lowest BCUT2D eigenvalue weighted by molar-refractivity contribution is -0.123. The van der Waals surface area contributed by atoms with E-state index in [1.54, 1.807) is 0 Å². The van der Waals surface area contributed by atoms with Crippen molar-refractivity contribution in [3.8, 4) is 5.75 Å². The molecule has 1 aromatic carbocycles. The molecule has 0 radical (unpaired) electrons. The lowest BCUT2D eigenvalue weighted by atomic mass is 10.1. The van der Waals surface area contributed by atoms with Crippen LogP contribution >= 0.6 is 0 Å². The summed E-state index contributed by atoms with van der Waals surface area (Å²) in [5.41, 5.74) is 3.38. The number of ether oxygens (including phenoxy) is 1. The van der Waals surface area contributed by atoms with Crippen molar-refractivity contribution in [3.63, 3.8) is 0 Å². The number of rotatable bonds is 7. The topological polar surface area (TPSA) is 50.4 Å². The third-order valence-corrected chi connectivity index (χ3v) is 3.53. The summed E-state index contributed by atoms with van der Waals surface area (Å²) in [6.07, 6.45) is 2.48. The zero-order valence-corrected chi connectivity index (χ0v) is 12.6. The number of amides is 1. The molecule has 4 heteroatoms. The summed E-state index contributed by atoms with van der Waals surface area (Å²) in [6.45, 7) is 5.76. The SMILES string of the molecule is CNCc1cc(C)c(OCC(=O)NCC2CC2)c(C)c1. The summed E-state index contributed by atoms with van der Waals surface area (Å²) >= 11 is 0. The third kappa shape index (κ3) is 4.23. The van der Waals surface area contributed by atoms with Crippen molar-refractivity contribution in [3.05, 3.63) is 28.8 Å². The standard InChI is InChI=1S/C16H24N2O2/c1-11-6-14(8-17-3)7-12(2)16(11)20-10-15(19)18-9-13-4-5-13/h6-7,13,17H,4-5,8-10H2,1-3H3,(H,18,19). The van der Waals surface area contributed by atoms with Crippen LogP contribution in [0, 0.1) is 19.8 Å². The van der Waals surface area contributed by atoms with Gasteiger partial charge in [-0.15, -0.1) is 0 Å². The molecule has 0 unspecified atom stereocenters. The number of benzene rings is 1.